The highest BCUT2D eigenvalue weighted by Gasteiger charge is 2.24. The molecule has 1 heterocycles. The minimum Gasteiger partial charge on any atom is -0.495 e. The molecular formula is C18H24N4O2S. The van der Waals surface area contributed by atoms with Crippen molar-refractivity contribution in [1.29, 1.82) is 0 Å². The molecule has 7 heteroatoms. The third kappa shape index (κ3) is 4.15. The first-order valence-corrected chi connectivity index (χ1v) is 9.70. The van der Waals surface area contributed by atoms with Gasteiger partial charge in [-0.2, -0.15) is 0 Å². The Morgan fingerprint density at radius 1 is 1.32 bits per heavy atom. The average Bonchev–Trinajstić information content (AvgIpc) is 3.29. The number of aromatic nitrogens is 3. The first-order valence-electron chi connectivity index (χ1n) is 8.71. The summed E-state index contributed by atoms with van der Waals surface area (Å²) in [6.07, 6.45) is 4.92. The van der Waals surface area contributed by atoms with E-state index in [1.807, 2.05) is 24.3 Å². The van der Waals surface area contributed by atoms with Crippen molar-refractivity contribution >= 4 is 23.4 Å². The topological polar surface area (TPSA) is 69.0 Å². The number of hydrogen-bond donors (Lipinski definition) is 1. The maximum atomic E-state index is 12.3. The number of amides is 1. The molecule has 6 nitrogen and oxygen atoms in total. The van der Waals surface area contributed by atoms with Crippen LogP contribution in [-0.2, 0) is 11.3 Å². The summed E-state index contributed by atoms with van der Waals surface area (Å²) in [6, 6.07) is 7.39. The zero-order chi connectivity index (χ0) is 17.6. The predicted molar refractivity (Wildman–Crippen MR) is 99.3 cm³/mol. The molecule has 0 bridgehead atoms. The van der Waals surface area contributed by atoms with Crippen molar-refractivity contribution in [2.75, 3.05) is 18.2 Å². The Morgan fingerprint density at radius 3 is 2.80 bits per heavy atom. The lowest BCUT2D eigenvalue weighted by Gasteiger charge is -2.12. The van der Waals surface area contributed by atoms with E-state index in [2.05, 4.69) is 27.0 Å². The second-order valence-electron chi connectivity index (χ2n) is 6.10. The molecular weight excluding hydrogens is 336 g/mol. The zero-order valence-electron chi connectivity index (χ0n) is 14.7. The van der Waals surface area contributed by atoms with Gasteiger partial charge in [0.1, 0.15) is 11.6 Å². The minimum absolute atomic E-state index is 0.0810. The number of para-hydroxylation sites is 2. The summed E-state index contributed by atoms with van der Waals surface area (Å²) in [6.45, 7) is 2.93. The fourth-order valence-corrected chi connectivity index (χ4v) is 4.06. The molecule has 1 aromatic carbocycles. The number of hydrogen-bond acceptors (Lipinski definition) is 5. The van der Waals surface area contributed by atoms with Crippen LogP contribution in [0.3, 0.4) is 0 Å². The summed E-state index contributed by atoms with van der Waals surface area (Å²) in [5, 5.41) is 12.4. The van der Waals surface area contributed by atoms with Crippen molar-refractivity contribution in [3.05, 3.63) is 30.1 Å². The molecule has 1 N–H and O–H groups in total. The van der Waals surface area contributed by atoms with Crippen molar-refractivity contribution < 1.29 is 9.53 Å². The van der Waals surface area contributed by atoms with Gasteiger partial charge in [0.25, 0.3) is 0 Å². The van der Waals surface area contributed by atoms with E-state index in [1.54, 1.807) is 7.11 Å². The highest BCUT2D eigenvalue weighted by molar-refractivity contribution is 7.99. The van der Waals surface area contributed by atoms with Gasteiger partial charge in [-0.15, -0.1) is 10.2 Å². The van der Waals surface area contributed by atoms with Gasteiger partial charge in [-0.3, -0.25) is 4.79 Å². The van der Waals surface area contributed by atoms with Crippen LogP contribution in [0.5, 0.6) is 5.75 Å². The highest BCUT2D eigenvalue weighted by atomic mass is 32.2. The largest absolute Gasteiger partial charge is 0.495 e. The van der Waals surface area contributed by atoms with Gasteiger partial charge in [0.15, 0.2) is 5.16 Å². The molecule has 2 aromatic rings. The maximum Gasteiger partial charge on any atom is 0.234 e. The number of anilines is 1. The van der Waals surface area contributed by atoms with Gasteiger partial charge in [-0.05, 0) is 31.9 Å². The van der Waals surface area contributed by atoms with E-state index in [9.17, 15) is 4.79 Å². The molecule has 0 saturated heterocycles. The third-order valence-corrected chi connectivity index (χ3v) is 5.46. The Balaban J connectivity index is 1.62. The molecule has 25 heavy (non-hydrogen) atoms. The molecule has 0 spiro atoms. The Kier molecular flexibility index (Phi) is 5.96. The fraction of sp³-hybridized carbons (Fsp3) is 0.500. The summed E-state index contributed by atoms with van der Waals surface area (Å²) in [4.78, 5) is 12.3. The van der Waals surface area contributed by atoms with Gasteiger partial charge in [-0.1, -0.05) is 36.7 Å². The molecule has 1 aromatic heterocycles. The Bertz CT molecular complexity index is 726. The zero-order valence-corrected chi connectivity index (χ0v) is 15.5. The van der Waals surface area contributed by atoms with Gasteiger partial charge >= 0.3 is 0 Å². The molecule has 0 atom stereocenters. The van der Waals surface area contributed by atoms with E-state index in [1.165, 1.54) is 37.4 Å². The highest BCUT2D eigenvalue weighted by Crippen LogP contribution is 2.34. The van der Waals surface area contributed by atoms with Crippen LogP contribution in [0.1, 0.15) is 44.3 Å². The van der Waals surface area contributed by atoms with Crippen LogP contribution in [-0.4, -0.2) is 33.5 Å². The fourth-order valence-electron chi connectivity index (χ4n) is 3.25. The van der Waals surface area contributed by atoms with E-state index in [0.717, 1.165) is 17.5 Å². The summed E-state index contributed by atoms with van der Waals surface area (Å²) in [5.74, 6) is 2.46. The maximum absolute atomic E-state index is 12.3. The second-order valence-corrected chi connectivity index (χ2v) is 7.05. The summed E-state index contributed by atoms with van der Waals surface area (Å²) in [7, 11) is 1.59. The summed E-state index contributed by atoms with van der Waals surface area (Å²) >= 11 is 1.43. The van der Waals surface area contributed by atoms with Crippen LogP contribution >= 0.6 is 11.8 Å². The lowest BCUT2D eigenvalue weighted by Crippen LogP contribution is -2.15. The number of benzene rings is 1. The number of carbonyl (C=O) groups excluding carboxylic acids is 1. The van der Waals surface area contributed by atoms with Gasteiger partial charge in [0, 0.05) is 12.5 Å². The molecule has 0 aliphatic heterocycles. The standard InChI is InChI=1S/C18H24N4O2S/c1-3-22-17(13-8-4-5-9-13)20-21-18(22)25-12-16(23)19-14-10-6-7-11-15(14)24-2/h6-7,10-11,13H,3-5,8-9,12H2,1-2H3,(H,19,23). The molecule has 0 unspecified atom stereocenters. The number of rotatable bonds is 7. The average molecular weight is 360 g/mol. The van der Waals surface area contributed by atoms with E-state index in [-0.39, 0.29) is 5.91 Å². The molecule has 1 aliphatic carbocycles. The number of ether oxygens (including phenoxy) is 1. The second kappa shape index (κ2) is 8.38. The van der Waals surface area contributed by atoms with Crippen molar-refractivity contribution in [3.8, 4) is 5.75 Å². The third-order valence-electron chi connectivity index (χ3n) is 4.50. The normalized spacial score (nSPS) is 14.6. The molecule has 0 radical (unpaired) electrons. The van der Waals surface area contributed by atoms with Crippen LogP contribution in [0.2, 0.25) is 0 Å². The predicted octanol–water partition coefficient (Wildman–Crippen LogP) is 3.70. The summed E-state index contributed by atoms with van der Waals surface area (Å²) in [5.41, 5.74) is 0.680. The van der Waals surface area contributed by atoms with Crippen LogP contribution in [0, 0.1) is 0 Å². The smallest absolute Gasteiger partial charge is 0.234 e. The first-order chi connectivity index (χ1) is 12.2. The van der Waals surface area contributed by atoms with Crippen LogP contribution < -0.4 is 10.1 Å². The van der Waals surface area contributed by atoms with Crippen LogP contribution in [0.4, 0.5) is 5.69 Å². The van der Waals surface area contributed by atoms with Crippen molar-refractivity contribution in [2.45, 2.75) is 50.2 Å². The number of carbonyl (C=O) groups is 1. The molecule has 134 valence electrons. The van der Waals surface area contributed by atoms with Crippen LogP contribution in [0.25, 0.3) is 0 Å². The lowest BCUT2D eigenvalue weighted by atomic mass is 10.1. The SMILES string of the molecule is CCn1c(SCC(=O)Nc2ccccc2OC)nnc1C1CCCC1. The minimum atomic E-state index is -0.0810. The Labute approximate surface area is 152 Å². The van der Waals surface area contributed by atoms with Crippen LogP contribution in [0.15, 0.2) is 29.4 Å². The van der Waals surface area contributed by atoms with Gasteiger partial charge in [-0.25, -0.2) is 0 Å². The van der Waals surface area contributed by atoms with Gasteiger partial charge in [0.05, 0.1) is 18.6 Å². The summed E-state index contributed by atoms with van der Waals surface area (Å²) < 4.78 is 7.41. The first kappa shape index (κ1) is 17.8. The number of nitrogens with one attached hydrogen (secondary N) is 1. The number of nitrogens with zero attached hydrogens (tertiary/aromatic N) is 3. The molecule has 1 saturated carbocycles. The van der Waals surface area contributed by atoms with Crippen molar-refractivity contribution in [1.82, 2.24) is 14.8 Å². The van der Waals surface area contributed by atoms with E-state index < -0.39 is 0 Å². The van der Waals surface area contributed by atoms with Gasteiger partial charge in [0.2, 0.25) is 5.91 Å². The van der Waals surface area contributed by atoms with E-state index in [4.69, 9.17) is 4.74 Å². The number of thioether (sulfide) groups is 1. The molecule has 1 fully saturated rings. The van der Waals surface area contributed by atoms with E-state index in [0.29, 0.717) is 23.1 Å². The quantitative estimate of drug-likeness (QED) is 0.763. The van der Waals surface area contributed by atoms with Gasteiger partial charge < -0.3 is 14.6 Å². The number of methoxy groups -OCH3 is 1. The Hall–Kier alpha value is -2.02. The monoisotopic (exact) mass is 360 g/mol. The Morgan fingerprint density at radius 2 is 2.08 bits per heavy atom. The molecule has 1 aliphatic rings. The molecule has 3 rings (SSSR count). The molecule has 1 amide bonds. The van der Waals surface area contributed by atoms with Crippen molar-refractivity contribution in [2.24, 2.45) is 0 Å². The van der Waals surface area contributed by atoms with Crippen molar-refractivity contribution in [3.63, 3.8) is 0 Å². The van der Waals surface area contributed by atoms with E-state index >= 15 is 0 Å². The lowest BCUT2D eigenvalue weighted by molar-refractivity contribution is -0.113.